The van der Waals surface area contributed by atoms with Crippen molar-refractivity contribution in [1.29, 1.82) is 0 Å². The fourth-order valence-electron chi connectivity index (χ4n) is 4.73. The molecule has 3 fully saturated rings. The lowest BCUT2D eigenvalue weighted by Crippen LogP contribution is -2.87. The summed E-state index contributed by atoms with van der Waals surface area (Å²) < 4.78 is 5.61. The quantitative estimate of drug-likeness (QED) is 0.141. The summed E-state index contributed by atoms with van der Waals surface area (Å²) in [7, 11) is 0. The molecule has 0 aromatic carbocycles. The largest absolute Gasteiger partial charge is 0.394 e. The van der Waals surface area contributed by atoms with Crippen LogP contribution in [0.4, 0.5) is 0 Å². The molecule has 3 aliphatic rings. The summed E-state index contributed by atoms with van der Waals surface area (Å²) in [5.41, 5.74) is 4.02. The second-order valence-electron chi connectivity index (χ2n) is 8.18. The van der Waals surface area contributed by atoms with Gasteiger partial charge in [0.25, 0.3) is 5.91 Å². The monoisotopic (exact) mass is 485 g/mol. The first kappa shape index (κ1) is 25.1. The number of carbonyl (C=O) groups excluding carboxylic acids is 4. The van der Waals surface area contributed by atoms with E-state index >= 15 is 0 Å². The number of aliphatic hydroxyl groups is 3. The van der Waals surface area contributed by atoms with Gasteiger partial charge in [-0.15, -0.1) is 6.58 Å². The van der Waals surface area contributed by atoms with Gasteiger partial charge in [-0.05, 0) is 19.1 Å². The fraction of sp³-hybridized carbons (Fsp3) is 0.632. The molecule has 7 atom stereocenters. The van der Waals surface area contributed by atoms with Crippen molar-refractivity contribution in [2.24, 2.45) is 5.73 Å². The Labute approximate surface area is 194 Å². The zero-order chi connectivity index (χ0) is 25.0. The van der Waals surface area contributed by atoms with E-state index in [4.69, 9.17) is 22.7 Å². The minimum atomic E-state index is -2.34. The van der Waals surface area contributed by atoms with Crippen molar-refractivity contribution in [2.45, 2.75) is 62.8 Å². The molecule has 0 saturated carbocycles. The summed E-state index contributed by atoms with van der Waals surface area (Å²) in [4.78, 5) is 55.1. The van der Waals surface area contributed by atoms with Gasteiger partial charge in [-0.3, -0.25) is 34.7 Å². The fourth-order valence-corrected chi connectivity index (χ4v) is 5.15. The summed E-state index contributed by atoms with van der Waals surface area (Å²) in [6.07, 6.45) is -6.17. The van der Waals surface area contributed by atoms with E-state index in [1.54, 1.807) is 0 Å². The van der Waals surface area contributed by atoms with E-state index in [0.29, 0.717) is 0 Å². The van der Waals surface area contributed by atoms with Crippen LogP contribution >= 0.6 is 12.2 Å². The third-order valence-electron chi connectivity index (χ3n) is 6.31. The van der Waals surface area contributed by atoms with Crippen LogP contribution in [0, 0.1) is 0 Å². The van der Waals surface area contributed by atoms with E-state index in [1.807, 2.05) is 0 Å². The molecule has 0 aliphatic carbocycles. The zero-order valence-corrected chi connectivity index (χ0v) is 19.1. The highest BCUT2D eigenvalue weighted by atomic mass is 32.1. The van der Waals surface area contributed by atoms with E-state index in [9.17, 15) is 34.5 Å². The Morgan fingerprint density at radius 1 is 1.24 bits per heavy atom. The maximum atomic E-state index is 13.5. The van der Waals surface area contributed by atoms with Gasteiger partial charge in [-0.2, -0.15) is 0 Å². The lowest BCUT2D eigenvalue weighted by molar-refractivity contribution is -0.187. The minimum absolute atomic E-state index is 0.128. The molecule has 14 heteroatoms. The number of carbonyl (C=O) groups is 4. The Balaban J connectivity index is 2.33. The van der Waals surface area contributed by atoms with Crippen molar-refractivity contribution < 1.29 is 39.2 Å². The molecule has 6 N–H and O–H groups in total. The predicted molar refractivity (Wildman–Crippen MR) is 115 cm³/mol. The normalized spacial score (nSPS) is 38.3. The van der Waals surface area contributed by atoms with Crippen LogP contribution in [0.5, 0.6) is 0 Å². The van der Waals surface area contributed by atoms with Gasteiger partial charge < -0.3 is 30.3 Å². The van der Waals surface area contributed by atoms with E-state index < -0.39 is 72.0 Å². The predicted octanol–water partition coefficient (Wildman–Crippen LogP) is -3.65. The molecule has 0 bridgehead atoms. The number of nitrogens with two attached hydrogens (primary N) is 1. The molecule has 13 nitrogen and oxygen atoms in total. The molecule has 0 spiro atoms. The lowest BCUT2D eigenvalue weighted by atomic mass is 9.83. The van der Waals surface area contributed by atoms with Crippen LogP contribution in [0.1, 0.15) is 20.8 Å². The van der Waals surface area contributed by atoms with Crippen LogP contribution in [-0.4, -0.2) is 114 Å². The van der Waals surface area contributed by atoms with Gasteiger partial charge in [0.05, 0.1) is 6.61 Å². The molecule has 3 aliphatic heterocycles. The molecule has 0 aromatic rings. The number of hydrogen-bond acceptors (Lipinski definition) is 10. The summed E-state index contributed by atoms with van der Waals surface area (Å²) in [5, 5.41) is 32.6. The lowest BCUT2D eigenvalue weighted by Gasteiger charge is -2.54. The molecule has 5 unspecified atom stereocenters. The molecule has 0 aromatic heterocycles. The molecule has 3 heterocycles. The van der Waals surface area contributed by atoms with Gasteiger partial charge in [0.15, 0.2) is 29.1 Å². The highest BCUT2D eigenvalue weighted by Crippen LogP contribution is 2.44. The third-order valence-corrected chi connectivity index (χ3v) is 6.74. The number of rotatable bonds is 6. The van der Waals surface area contributed by atoms with Gasteiger partial charge in [-0.1, -0.05) is 6.08 Å². The van der Waals surface area contributed by atoms with Crippen LogP contribution in [-0.2, 0) is 23.9 Å². The first-order chi connectivity index (χ1) is 15.3. The SMILES string of the molecule is C=CCN1C(=S)N([C@@H]2O[C@H](CO)C(O)C2O)C2N(C(C)=O)C(N)(C(C)=O)NC(=O)C21C(C)=O. The number of Topliss-reactive ketones (excluding diaryl/α,β-unsaturated/α-hetero) is 2. The van der Waals surface area contributed by atoms with Crippen molar-refractivity contribution in [3.63, 3.8) is 0 Å². The number of fused-ring (bicyclic) bond motifs is 1. The van der Waals surface area contributed by atoms with Gasteiger partial charge >= 0.3 is 0 Å². The standard InChI is InChI=1S/C19H27N5O8S/c1-5-6-22-17(33)23(14-13(30)12(29)11(7-25)32-14)16-18(22,8(2)26)15(31)21-19(20,9(3)27)24(16)10(4)28/h5,11-14,16,25,29-30H,1,6-7,20H2,2-4H3,(H,21,31)/t11-,12?,13?,14-,16?,18?,19?/m1/s1. The number of aliphatic hydroxyl groups excluding tert-OH is 3. The van der Waals surface area contributed by atoms with Crippen molar-refractivity contribution in [3.8, 4) is 0 Å². The zero-order valence-electron chi connectivity index (χ0n) is 18.3. The van der Waals surface area contributed by atoms with Crippen LogP contribution in [0.15, 0.2) is 12.7 Å². The Hall–Kier alpha value is -2.49. The summed E-state index contributed by atoms with van der Waals surface area (Å²) in [6.45, 7) is 6.10. The minimum Gasteiger partial charge on any atom is -0.394 e. The molecule has 3 saturated heterocycles. The number of nitrogens with zero attached hydrogens (tertiary/aromatic N) is 3. The topological polar surface area (TPSA) is 186 Å². The van der Waals surface area contributed by atoms with E-state index in [2.05, 4.69) is 11.9 Å². The van der Waals surface area contributed by atoms with E-state index in [-0.39, 0.29) is 11.7 Å². The molecule has 182 valence electrons. The molecule has 3 rings (SSSR count). The highest BCUT2D eigenvalue weighted by Gasteiger charge is 2.74. The number of thiocarbonyl (C=S) groups is 1. The summed E-state index contributed by atoms with van der Waals surface area (Å²) >= 11 is 5.54. The highest BCUT2D eigenvalue weighted by molar-refractivity contribution is 7.80. The van der Waals surface area contributed by atoms with Gasteiger partial charge in [-0.25, -0.2) is 0 Å². The summed E-state index contributed by atoms with van der Waals surface area (Å²) in [5.74, 6) is -5.67. The van der Waals surface area contributed by atoms with E-state index in [1.165, 1.54) is 11.0 Å². The molecular weight excluding hydrogens is 458 g/mol. The van der Waals surface area contributed by atoms with Crippen LogP contribution in [0.2, 0.25) is 0 Å². The first-order valence-electron chi connectivity index (χ1n) is 10.1. The van der Waals surface area contributed by atoms with Crippen molar-refractivity contribution in [2.75, 3.05) is 13.2 Å². The van der Waals surface area contributed by atoms with Gasteiger partial charge in [0, 0.05) is 20.4 Å². The smallest absolute Gasteiger partial charge is 0.261 e. The van der Waals surface area contributed by atoms with Crippen molar-refractivity contribution in [1.82, 2.24) is 20.0 Å². The Morgan fingerprint density at radius 2 is 1.85 bits per heavy atom. The number of nitrogens with one attached hydrogen (secondary N) is 1. The summed E-state index contributed by atoms with van der Waals surface area (Å²) in [6, 6.07) is 0. The van der Waals surface area contributed by atoms with Gasteiger partial charge in [0.2, 0.25) is 17.2 Å². The first-order valence-corrected chi connectivity index (χ1v) is 10.5. The van der Waals surface area contributed by atoms with Crippen LogP contribution in [0.3, 0.4) is 0 Å². The Bertz CT molecular complexity index is 932. The second-order valence-corrected chi connectivity index (χ2v) is 8.55. The van der Waals surface area contributed by atoms with Crippen LogP contribution < -0.4 is 11.1 Å². The molecule has 0 radical (unpaired) electrons. The number of ether oxygens (including phenoxy) is 1. The van der Waals surface area contributed by atoms with Crippen molar-refractivity contribution in [3.05, 3.63) is 12.7 Å². The Morgan fingerprint density at radius 3 is 2.27 bits per heavy atom. The van der Waals surface area contributed by atoms with E-state index in [0.717, 1.165) is 30.6 Å². The number of amides is 2. The maximum absolute atomic E-state index is 13.5. The Kier molecular flexibility index (Phi) is 6.38. The molecular formula is C19H27N5O8S. The number of ketones is 2. The number of hydrogen-bond donors (Lipinski definition) is 5. The van der Waals surface area contributed by atoms with Crippen LogP contribution in [0.25, 0.3) is 0 Å². The second kappa shape index (κ2) is 8.38. The maximum Gasteiger partial charge on any atom is 0.261 e. The van der Waals surface area contributed by atoms with Crippen molar-refractivity contribution >= 4 is 40.7 Å². The third kappa shape index (κ3) is 3.20. The molecule has 2 amide bonds. The average Bonchev–Trinajstić information content (AvgIpc) is 3.14. The average molecular weight is 486 g/mol. The van der Waals surface area contributed by atoms with Gasteiger partial charge in [0.1, 0.15) is 18.3 Å². The molecule has 33 heavy (non-hydrogen) atoms.